The SMILES string of the molecule is Cn1c(B(O)O)cc2c(F)c(Br)c(F)cc21. The smallest absolute Gasteiger partial charge is 0.422 e. The molecule has 84 valence electrons. The van der Waals surface area contributed by atoms with E-state index in [1.54, 1.807) is 0 Å². The molecule has 0 aliphatic rings. The Bertz CT molecular complexity index is 570. The molecule has 0 unspecified atom stereocenters. The van der Waals surface area contributed by atoms with Gasteiger partial charge in [0.1, 0.15) is 11.6 Å². The van der Waals surface area contributed by atoms with Crippen LogP contribution in [0.5, 0.6) is 0 Å². The second kappa shape index (κ2) is 3.83. The number of aryl methyl sites for hydroxylation is 1. The highest BCUT2D eigenvalue weighted by atomic mass is 79.9. The van der Waals surface area contributed by atoms with E-state index in [0.717, 1.165) is 6.07 Å². The first-order valence-corrected chi connectivity index (χ1v) is 5.21. The molecule has 16 heavy (non-hydrogen) atoms. The van der Waals surface area contributed by atoms with Gasteiger partial charge in [0.15, 0.2) is 0 Å². The van der Waals surface area contributed by atoms with Crippen molar-refractivity contribution in [2.45, 2.75) is 0 Å². The van der Waals surface area contributed by atoms with E-state index in [-0.39, 0.29) is 21.0 Å². The minimum Gasteiger partial charge on any atom is -0.422 e. The fourth-order valence-corrected chi connectivity index (χ4v) is 1.97. The van der Waals surface area contributed by atoms with Crippen molar-refractivity contribution in [3.05, 3.63) is 28.2 Å². The van der Waals surface area contributed by atoms with Gasteiger partial charge in [-0.2, -0.15) is 0 Å². The van der Waals surface area contributed by atoms with Gasteiger partial charge in [-0.3, -0.25) is 0 Å². The Labute approximate surface area is 98.6 Å². The van der Waals surface area contributed by atoms with E-state index in [9.17, 15) is 8.78 Å². The van der Waals surface area contributed by atoms with E-state index >= 15 is 0 Å². The second-order valence-electron chi connectivity index (χ2n) is 3.42. The largest absolute Gasteiger partial charge is 0.505 e. The van der Waals surface area contributed by atoms with Gasteiger partial charge in [0.05, 0.1) is 9.99 Å². The van der Waals surface area contributed by atoms with Gasteiger partial charge in [-0.05, 0) is 28.1 Å². The molecule has 0 saturated heterocycles. The summed E-state index contributed by atoms with van der Waals surface area (Å²) < 4.78 is 28.0. The summed E-state index contributed by atoms with van der Waals surface area (Å²) in [5.41, 5.74) is 0.368. The van der Waals surface area contributed by atoms with Crippen LogP contribution >= 0.6 is 15.9 Å². The standard InChI is InChI=1S/C9H7BBrF2NO2/c1-14-6-3-5(12)8(11)9(13)4(6)2-7(14)10(15)16/h2-3,15-16H,1H3. The number of fused-ring (bicyclic) bond motifs is 1. The molecule has 1 aromatic heterocycles. The van der Waals surface area contributed by atoms with E-state index in [4.69, 9.17) is 10.0 Å². The number of nitrogens with zero attached hydrogens (tertiary/aromatic N) is 1. The van der Waals surface area contributed by atoms with Gasteiger partial charge in [0.25, 0.3) is 0 Å². The average molecular weight is 290 g/mol. The topological polar surface area (TPSA) is 45.4 Å². The molecule has 2 aromatic rings. The highest BCUT2D eigenvalue weighted by Crippen LogP contribution is 2.27. The van der Waals surface area contributed by atoms with Crippen LogP contribution in [0.2, 0.25) is 0 Å². The Hall–Kier alpha value is -0.915. The van der Waals surface area contributed by atoms with Crippen molar-refractivity contribution >= 4 is 39.5 Å². The van der Waals surface area contributed by atoms with Gasteiger partial charge in [-0.25, -0.2) is 8.78 Å². The molecule has 0 amide bonds. The zero-order chi connectivity index (χ0) is 12.0. The maximum absolute atomic E-state index is 13.7. The van der Waals surface area contributed by atoms with E-state index in [1.807, 2.05) is 0 Å². The summed E-state index contributed by atoms with van der Waals surface area (Å²) in [6.07, 6.45) is 0. The number of rotatable bonds is 1. The van der Waals surface area contributed by atoms with Crippen LogP contribution in [0, 0.1) is 11.6 Å². The Balaban J connectivity index is 2.87. The van der Waals surface area contributed by atoms with Crippen molar-refractivity contribution in [2.24, 2.45) is 7.05 Å². The van der Waals surface area contributed by atoms with Gasteiger partial charge in [-0.15, -0.1) is 0 Å². The Morgan fingerprint density at radius 2 is 1.94 bits per heavy atom. The molecule has 0 bridgehead atoms. The molecule has 1 aromatic carbocycles. The summed E-state index contributed by atoms with van der Waals surface area (Å²) in [4.78, 5) is 0. The van der Waals surface area contributed by atoms with Gasteiger partial charge in [0, 0.05) is 18.0 Å². The maximum atomic E-state index is 13.7. The predicted molar refractivity (Wildman–Crippen MR) is 60.4 cm³/mol. The molecule has 0 fully saturated rings. The molecule has 3 nitrogen and oxygen atoms in total. The average Bonchev–Trinajstić information content (AvgIpc) is 2.54. The van der Waals surface area contributed by atoms with Crippen molar-refractivity contribution in [3.63, 3.8) is 0 Å². The van der Waals surface area contributed by atoms with E-state index < -0.39 is 18.8 Å². The minimum atomic E-state index is -1.72. The van der Waals surface area contributed by atoms with Gasteiger partial charge in [0.2, 0.25) is 0 Å². The van der Waals surface area contributed by atoms with Crippen molar-refractivity contribution in [3.8, 4) is 0 Å². The molecule has 2 rings (SSSR count). The van der Waals surface area contributed by atoms with Gasteiger partial charge >= 0.3 is 7.12 Å². The van der Waals surface area contributed by atoms with Crippen LogP contribution in [-0.2, 0) is 7.05 Å². The minimum absolute atomic E-state index is 0.103. The molecule has 1 heterocycles. The van der Waals surface area contributed by atoms with Crippen LogP contribution in [0.4, 0.5) is 8.78 Å². The first-order valence-electron chi connectivity index (χ1n) is 4.42. The zero-order valence-corrected chi connectivity index (χ0v) is 9.79. The molecule has 0 aliphatic heterocycles. The molecule has 0 aliphatic carbocycles. The van der Waals surface area contributed by atoms with Gasteiger partial charge < -0.3 is 14.6 Å². The zero-order valence-electron chi connectivity index (χ0n) is 8.21. The van der Waals surface area contributed by atoms with Crippen LogP contribution in [0.25, 0.3) is 10.9 Å². The quantitative estimate of drug-likeness (QED) is 0.605. The van der Waals surface area contributed by atoms with E-state index in [1.165, 1.54) is 17.7 Å². The fraction of sp³-hybridized carbons (Fsp3) is 0.111. The first kappa shape index (κ1) is 11.6. The lowest BCUT2D eigenvalue weighted by Crippen LogP contribution is -2.34. The summed E-state index contributed by atoms with van der Waals surface area (Å²) in [5, 5.41) is 18.2. The number of halogens is 3. The third-order valence-electron chi connectivity index (χ3n) is 2.48. The lowest BCUT2D eigenvalue weighted by atomic mass is 9.86. The second-order valence-corrected chi connectivity index (χ2v) is 4.21. The lowest BCUT2D eigenvalue weighted by Gasteiger charge is -2.03. The van der Waals surface area contributed by atoms with Gasteiger partial charge in [-0.1, -0.05) is 0 Å². The highest BCUT2D eigenvalue weighted by molar-refractivity contribution is 9.10. The van der Waals surface area contributed by atoms with E-state index in [2.05, 4.69) is 15.9 Å². The maximum Gasteiger partial charge on any atom is 0.505 e. The third-order valence-corrected chi connectivity index (χ3v) is 3.21. The van der Waals surface area contributed by atoms with Crippen molar-refractivity contribution in [1.29, 1.82) is 0 Å². The summed E-state index contributed by atoms with van der Waals surface area (Å²) in [5.74, 6) is -1.48. The molecule has 0 radical (unpaired) electrons. The Morgan fingerprint density at radius 3 is 2.50 bits per heavy atom. The number of hydrogen-bond donors (Lipinski definition) is 2. The summed E-state index contributed by atoms with van der Waals surface area (Å²) in [6, 6.07) is 2.41. The Kier molecular flexibility index (Phi) is 2.77. The molecule has 2 N–H and O–H groups in total. The summed E-state index contributed by atoms with van der Waals surface area (Å²) in [7, 11) is -0.220. The molecule has 7 heteroatoms. The lowest BCUT2D eigenvalue weighted by molar-refractivity contribution is 0.423. The number of aromatic nitrogens is 1. The normalized spacial score (nSPS) is 11.1. The van der Waals surface area contributed by atoms with Crippen LogP contribution in [0.3, 0.4) is 0 Å². The van der Waals surface area contributed by atoms with E-state index in [0.29, 0.717) is 0 Å². The van der Waals surface area contributed by atoms with Crippen molar-refractivity contribution in [1.82, 2.24) is 4.57 Å². The number of hydrogen-bond acceptors (Lipinski definition) is 2. The molecule has 0 atom stereocenters. The third kappa shape index (κ3) is 1.55. The van der Waals surface area contributed by atoms with Crippen molar-refractivity contribution < 1.29 is 18.8 Å². The molecular formula is C9H7BBrF2NO2. The predicted octanol–water partition coefficient (Wildman–Crippen LogP) is 0.899. The molecule has 0 saturated carbocycles. The van der Waals surface area contributed by atoms with Crippen LogP contribution in [0.15, 0.2) is 16.6 Å². The fourth-order valence-electron chi connectivity index (χ4n) is 1.64. The monoisotopic (exact) mass is 289 g/mol. The number of benzene rings is 1. The molecular weight excluding hydrogens is 283 g/mol. The first-order chi connectivity index (χ1) is 7.43. The van der Waals surface area contributed by atoms with Crippen LogP contribution < -0.4 is 5.59 Å². The Morgan fingerprint density at radius 1 is 1.31 bits per heavy atom. The summed E-state index contributed by atoms with van der Waals surface area (Å²) in [6.45, 7) is 0. The van der Waals surface area contributed by atoms with Crippen LogP contribution in [0.1, 0.15) is 0 Å². The highest BCUT2D eigenvalue weighted by Gasteiger charge is 2.21. The summed E-state index contributed by atoms with van der Waals surface area (Å²) >= 11 is 2.79. The molecule has 0 spiro atoms. The van der Waals surface area contributed by atoms with Crippen molar-refractivity contribution in [2.75, 3.05) is 0 Å². The van der Waals surface area contributed by atoms with Crippen LogP contribution in [-0.4, -0.2) is 21.7 Å².